The highest BCUT2D eigenvalue weighted by Gasteiger charge is 2.51. The molecular weight excluding hydrogens is 224 g/mol. The first-order valence-electron chi connectivity index (χ1n) is 6.47. The van der Waals surface area contributed by atoms with E-state index in [0.29, 0.717) is 6.54 Å². The van der Waals surface area contributed by atoms with Crippen LogP contribution in [0, 0.1) is 11.3 Å². The van der Waals surface area contributed by atoms with Crippen molar-refractivity contribution < 1.29 is 4.79 Å². The highest BCUT2D eigenvalue weighted by atomic mass is 16.2. The molecule has 1 saturated carbocycles. The summed E-state index contributed by atoms with van der Waals surface area (Å²) < 4.78 is 0. The predicted molar refractivity (Wildman–Crippen MR) is 72.9 cm³/mol. The van der Waals surface area contributed by atoms with Crippen molar-refractivity contribution in [3.63, 3.8) is 0 Å². The minimum atomic E-state index is -0.475. The summed E-state index contributed by atoms with van der Waals surface area (Å²) in [5.74, 6) is 0.254. The monoisotopic (exact) mass is 246 g/mol. The average Bonchev–Trinajstić information content (AvgIpc) is 2.99. The maximum absolute atomic E-state index is 12.2. The van der Waals surface area contributed by atoms with Gasteiger partial charge in [0.2, 0.25) is 5.91 Å². The number of amides is 1. The van der Waals surface area contributed by atoms with E-state index in [-0.39, 0.29) is 17.2 Å². The van der Waals surface area contributed by atoms with Crippen molar-refractivity contribution in [2.24, 2.45) is 17.1 Å². The molecule has 2 unspecified atom stereocenters. The molecule has 0 spiro atoms. The maximum atomic E-state index is 12.2. The Balaban J connectivity index is 2.12. The first-order chi connectivity index (χ1) is 8.39. The molecule has 0 aliphatic heterocycles. The van der Waals surface area contributed by atoms with Crippen LogP contribution < -0.4 is 11.1 Å². The molecule has 1 aromatic carbocycles. The van der Waals surface area contributed by atoms with E-state index < -0.39 is 5.54 Å². The summed E-state index contributed by atoms with van der Waals surface area (Å²) in [6, 6.07) is 9.91. The topological polar surface area (TPSA) is 55.1 Å². The van der Waals surface area contributed by atoms with E-state index in [2.05, 4.69) is 19.2 Å². The van der Waals surface area contributed by atoms with E-state index in [4.69, 9.17) is 5.73 Å². The van der Waals surface area contributed by atoms with Crippen LogP contribution in [0.2, 0.25) is 0 Å². The highest BCUT2D eigenvalue weighted by Crippen LogP contribution is 2.51. The first kappa shape index (κ1) is 13.1. The number of carbonyl (C=O) groups excluding carboxylic acids is 1. The van der Waals surface area contributed by atoms with Crippen LogP contribution >= 0.6 is 0 Å². The van der Waals surface area contributed by atoms with Crippen LogP contribution in [0.3, 0.4) is 0 Å². The molecule has 1 aliphatic carbocycles. The molecule has 3 nitrogen and oxygen atoms in total. The van der Waals surface area contributed by atoms with E-state index in [1.165, 1.54) is 0 Å². The molecule has 2 rings (SSSR count). The SMILES string of the molecule is CC(CN)(NC(=O)C1CC1(C)C)c1ccccc1. The second-order valence-electron chi connectivity index (χ2n) is 6.14. The predicted octanol–water partition coefficient (Wildman–Crippen LogP) is 2.02. The number of rotatable bonds is 4. The van der Waals surface area contributed by atoms with Gasteiger partial charge >= 0.3 is 0 Å². The zero-order valence-corrected chi connectivity index (χ0v) is 11.4. The fourth-order valence-electron chi connectivity index (χ4n) is 2.32. The fraction of sp³-hybridized carbons (Fsp3) is 0.533. The minimum absolute atomic E-state index is 0.122. The number of carbonyl (C=O) groups is 1. The molecule has 1 aromatic rings. The van der Waals surface area contributed by atoms with Crippen molar-refractivity contribution in [3.05, 3.63) is 35.9 Å². The standard InChI is InChI=1S/C15H22N2O/c1-14(2)9-12(14)13(18)17-15(3,10-16)11-7-5-4-6-8-11/h4-8,12H,9-10,16H2,1-3H3,(H,17,18). The molecule has 0 saturated heterocycles. The van der Waals surface area contributed by atoms with Gasteiger partial charge in [0, 0.05) is 12.5 Å². The van der Waals surface area contributed by atoms with Crippen molar-refractivity contribution >= 4 is 5.91 Å². The molecule has 1 amide bonds. The minimum Gasteiger partial charge on any atom is -0.345 e. The van der Waals surface area contributed by atoms with E-state index in [1.54, 1.807) is 0 Å². The van der Waals surface area contributed by atoms with E-state index >= 15 is 0 Å². The molecule has 1 fully saturated rings. The molecule has 0 radical (unpaired) electrons. The molecule has 2 atom stereocenters. The van der Waals surface area contributed by atoms with Gasteiger partial charge in [0.1, 0.15) is 0 Å². The maximum Gasteiger partial charge on any atom is 0.224 e. The summed E-state index contributed by atoms with van der Waals surface area (Å²) in [5, 5.41) is 3.11. The number of hydrogen-bond acceptors (Lipinski definition) is 2. The normalized spacial score (nSPS) is 24.1. The third kappa shape index (κ3) is 2.41. The smallest absolute Gasteiger partial charge is 0.224 e. The summed E-state index contributed by atoms with van der Waals surface area (Å²) in [5.41, 5.74) is 6.59. The molecule has 3 N–H and O–H groups in total. The van der Waals surface area contributed by atoms with Gasteiger partial charge in [-0.1, -0.05) is 44.2 Å². The molecule has 18 heavy (non-hydrogen) atoms. The Morgan fingerprint density at radius 2 is 2.00 bits per heavy atom. The summed E-state index contributed by atoms with van der Waals surface area (Å²) in [6.07, 6.45) is 0.967. The lowest BCUT2D eigenvalue weighted by Crippen LogP contribution is -2.49. The van der Waals surface area contributed by atoms with Crippen LogP contribution in [0.5, 0.6) is 0 Å². The Hall–Kier alpha value is -1.35. The van der Waals surface area contributed by atoms with Gasteiger partial charge in [0.25, 0.3) is 0 Å². The van der Waals surface area contributed by atoms with Crippen molar-refractivity contribution in [1.82, 2.24) is 5.32 Å². The van der Waals surface area contributed by atoms with Crippen molar-refractivity contribution in [3.8, 4) is 0 Å². The van der Waals surface area contributed by atoms with Crippen molar-refractivity contribution in [2.75, 3.05) is 6.54 Å². The Morgan fingerprint density at radius 1 is 1.44 bits per heavy atom. The van der Waals surface area contributed by atoms with Crippen molar-refractivity contribution in [1.29, 1.82) is 0 Å². The van der Waals surface area contributed by atoms with Gasteiger partial charge in [-0.15, -0.1) is 0 Å². The molecule has 98 valence electrons. The van der Waals surface area contributed by atoms with Gasteiger partial charge < -0.3 is 11.1 Å². The zero-order valence-electron chi connectivity index (χ0n) is 11.4. The van der Waals surface area contributed by atoms with Gasteiger partial charge in [0.05, 0.1) is 5.54 Å². The zero-order chi connectivity index (χ0) is 13.4. The lowest BCUT2D eigenvalue weighted by molar-refractivity contribution is -0.124. The fourth-order valence-corrected chi connectivity index (χ4v) is 2.32. The Morgan fingerprint density at radius 3 is 2.44 bits per heavy atom. The Kier molecular flexibility index (Phi) is 3.20. The summed E-state index contributed by atoms with van der Waals surface area (Å²) in [6.45, 7) is 6.63. The number of nitrogens with two attached hydrogens (primary N) is 1. The van der Waals surface area contributed by atoms with Crippen molar-refractivity contribution in [2.45, 2.75) is 32.7 Å². The Bertz CT molecular complexity index is 441. The largest absolute Gasteiger partial charge is 0.345 e. The van der Waals surface area contributed by atoms with Crippen LogP contribution in [0.25, 0.3) is 0 Å². The lowest BCUT2D eigenvalue weighted by Gasteiger charge is -2.30. The van der Waals surface area contributed by atoms with Crippen LogP contribution in [0.15, 0.2) is 30.3 Å². The van der Waals surface area contributed by atoms with E-state index in [0.717, 1.165) is 12.0 Å². The average molecular weight is 246 g/mol. The second kappa shape index (κ2) is 4.39. The van der Waals surface area contributed by atoms with Gasteiger partial charge in [-0.25, -0.2) is 0 Å². The van der Waals surface area contributed by atoms with E-state index in [9.17, 15) is 4.79 Å². The summed E-state index contributed by atoms with van der Waals surface area (Å²) >= 11 is 0. The second-order valence-corrected chi connectivity index (χ2v) is 6.14. The third-order valence-electron chi connectivity index (χ3n) is 4.05. The summed E-state index contributed by atoms with van der Waals surface area (Å²) in [7, 11) is 0. The highest BCUT2D eigenvalue weighted by molar-refractivity contribution is 5.83. The lowest BCUT2D eigenvalue weighted by atomic mass is 9.91. The molecule has 3 heteroatoms. The molecule has 0 heterocycles. The first-order valence-corrected chi connectivity index (χ1v) is 6.47. The molecule has 0 bridgehead atoms. The van der Waals surface area contributed by atoms with Gasteiger partial charge in [-0.3, -0.25) is 4.79 Å². The quantitative estimate of drug-likeness (QED) is 0.854. The van der Waals surface area contributed by atoms with Crippen LogP contribution in [-0.4, -0.2) is 12.5 Å². The summed E-state index contributed by atoms with van der Waals surface area (Å²) in [4.78, 5) is 12.2. The van der Waals surface area contributed by atoms with Crippen LogP contribution in [-0.2, 0) is 10.3 Å². The van der Waals surface area contributed by atoms with Gasteiger partial charge in [-0.05, 0) is 24.3 Å². The number of hydrogen-bond donors (Lipinski definition) is 2. The third-order valence-corrected chi connectivity index (χ3v) is 4.05. The van der Waals surface area contributed by atoms with Gasteiger partial charge in [0.15, 0.2) is 0 Å². The molecule has 0 aromatic heterocycles. The Labute approximate surface area is 109 Å². The van der Waals surface area contributed by atoms with Crippen LogP contribution in [0.1, 0.15) is 32.8 Å². The molecule has 1 aliphatic rings. The van der Waals surface area contributed by atoms with Gasteiger partial charge in [-0.2, -0.15) is 0 Å². The number of nitrogens with one attached hydrogen (secondary N) is 1. The van der Waals surface area contributed by atoms with Crippen LogP contribution in [0.4, 0.5) is 0 Å². The molecular formula is C15H22N2O. The number of benzene rings is 1. The van der Waals surface area contributed by atoms with E-state index in [1.807, 2.05) is 37.3 Å².